The molecule has 1 aromatic rings. The molecule has 2 heterocycles. The summed E-state index contributed by atoms with van der Waals surface area (Å²) in [6, 6.07) is 6.52. The second-order valence-corrected chi connectivity index (χ2v) is 7.74. The zero-order valence-electron chi connectivity index (χ0n) is 14.3. The van der Waals surface area contributed by atoms with Crippen molar-refractivity contribution in [2.24, 2.45) is 0 Å². The highest BCUT2D eigenvalue weighted by molar-refractivity contribution is 7.99. The molecule has 24 heavy (non-hydrogen) atoms. The number of anilines is 1. The lowest BCUT2D eigenvalue weighted by Gasteiger charge is -2.26. The van der Waals surface area contributed by atoms with Crippen LogP contribution < -0.4 is 10.6 Å². The molecule has 132 valence electrons. The molecule has 6 heteroatoms. The summed E-state index contributed by atoms with van der Waals surface area (Å²) in [6.45, 7) is 7.45. The summed E-state index contributed by atoms with van der Waals surface area (Å²) >= 11 is 2.02. The predicted octanol–water partition coefficient (Wildman–Crippen LogP) is 1.86. The smallest absolute Gasteiger partial charge is 0.226 e. The Morgan fingerprint density at radius 1 is 1.42 bits per heavy atom. The van der Waals surface area contributed by atoms with E-state index in [0.717, 1.165) is 44.0 Å². The summed E-state index contributed by atoms with van der Waals surface area (Å²) in [5, 5.41) is 6.40. The van der Waals surface area contributed by atoms with E-state index in [9.17, 15) is 4.79 Å². The Morgan fingerprint density at radius 2 is 2.25 bits per heavy atom. The van der Waals surface area contributed by atoms with Crippen LogP contribution in [0.3, 0.4) is 0 Å². The number of rotatable bonds is 5. The third-order valence-electron chi connectivity index (χ3n) is 4.52. The van der Waals surface area contributed by atoms with E-state index < -0.39 is 0 Å². The number of thioether (sulfide) groups is 1. The third kappa shape index (κ3) is 5.21. The van der Waals surface area contributed by atoms with Gasteiger partial charge in [-0.05, 0) is 24.1 Å². The van der Waals surface area contributed by atoms with E-state index >= 15 is 0 Å². The minimum Gasteiger partial charge on any atom is -0.378 e. The zero-order valence-corrected chi connectivity index (χ0v) is 15.2. The number of nitrogens with zero attached hydrogens (tertiary/aromatic N) is 1. The van der Waals surface area contributed by atoms with Gasteiger partial charge in [-0.3, -0.25) is 9.69 Å². The quantitative estimate of drug-likeness (QED) is 0.850. The molecular weight excluding hydrogens is 322 g/mol. The molecule has 2 fully saturated rings. The van der Waals surface area contributed by atoms with Crippen LogP contribution in [0.2, 0.25) is 0 Å². The van der Waals surface area contributed by atoms with Crippen LogP contribution in [-0.2, 0) is 16.1 Å². The number of morpholine rings is 1. The zero-order chi connectivity index (χ0) is 16.8. The van der Waals surface area contributed by atoms with Gasteiger partial charge >= 0.3 is 0 Å². The van der Waals surface area contributed by atoms with Crippen molar-refractivity contribution >= 4 is 23.4 Å². The van der Waals surface area contributed by atoms with Gasteiger partial charge in [-0.1, -0.05) is 12.1 Å². The second-order valence-electron chi connectivity index (χ2n) is 6.52. The predicted molar refractivity (Wildman–Crippen MR) is 99.6 cm³/mol. The van der Waals surface area contributed by atoms with Crippen molar-refractivity contribution in [3.8, 4) is 0 Å². The number of hydrogen-bond acceptors (Lipinski definition) is 5. The van der Waals surface area contributed by atoms with Crippen molar-refractivity contribution in [1.82, 2.24) is 10.2 Å². The molecule has 0 aliphatic carbocycles. The fourth-order valence-corrected chi connectivity index (χ4v) is 4.07. The maximum atomic E-state index is 12.3. The van der Waals surface area contributed by atoms with Crippen LogP contribution in [0.5, 0.6) is 0 Å². The topological polar surface area (TPSA) is 53.6 Å². The van der Waals surface area contributed by atoms with Gasteiger partial charge in [-0.25, -0.2) is 0 Å². The highest BCUT2D eigenvalue weighted by Crippen LogP contribution is 2.20. The second kappa shape index (κ2) is 8.85. The normalized spacial score (nSPS) is 22.3. The van der Waals surface area contributed by atoms with Crippen LogP contribution in [0.4, 0.5) is 5.69 Å². The molecule has 0 aromatic heterocycles. The molecule has 0 bridgehead atoms. The molecule has 0 saturated carbocycles. The number of carbonyl (C=O) groups excluding carboxylic acids is 1. The fourth-order valence-electron chi connectivity index (χ4n) is 3.10. The van der Waals surface area contributed by atoms with Crippen LogP contribution in [-0.4, -0.2) is 61.2 Å². The maximum Gasteiger partial charge on any atom is 0.226 e. The monoisotopic (exact) mass is 349 g/mol. The van der Waals surface area contributed by atoms with Gasteiger partial charge in [0.2, 0.25) is 5.91 Å². The highest BCUT2D eigenvalue weighted by atomic mass is 32.2. The third-order valence-corrected chi connectivity index (χ3v) is 5.46. The first-order chi connectivity index (χ1) is 11.7. The summed E-state index contributed by atoms with van der Waals surface area (Å²) in [7, 11) is 0. The molecule has 5 nitrogen and oxygen atoms in total. The maximum absolute atomic E-state index is 12.3. The van der Waals surface area contributed by atoms with Gasteiger partial charge in [0, 0.05) is 55.8 Å². The van der Waals surface area contributed by atoms with E-state index in [0.29, 0.717) is 13.0 Å². The minimum atomic E-state index is 0.0487. The number of carbonyl (C=O) groups is 1. The van der Waals surface area contributed by atoms with Crippen molar-refractivity contribution in [2.45, 2.75) is 25.9 Å². The van der Waals surface area contributed by atoms with Crippen LogP contribution in [0.25, 0.3) is 0 Å². The van der Waals surface area contributed by atoms with E-state index in [-0.39, 0.29) is 11.9 Å². The molecule has 2 aliphatic rings. The molecule has 3 rings (SSSR count). The minimum absolute atomic E-state index is 0.0487. The van der Waals surface area contributed by atoms with Gasteiger partial charge in [0.1, 0.15) is 0 Å². The van der Waals surface area contributed by atoms with E-state index in [1.165, 1.54) is 17.1 Å². The Morgan fingerprint density at radius 3 is 3.00 bits per heavy atom. The summed E-state index contributed by atoms with van der Waals surface area (Å²) in [4.78, 5) is 14.8. The van der Waals surface area contributed by atoms with Crippen LogP contribution in [0.15, 0.2) is 18.2 Å². The van der Waals surface area contributed by atoms with Crippen LogP contribution >= 0.6 is 11.8 Å². The Balaban J connectivity index is 1.57. The van der Waals surface area contributed by atoms with E-state index in [2.05, 4.69) is 33.7 Å². The van der Waals surface area contributed by atoms with Crippen molar-refractivity contribution in [2.75, 3.05) is 49.7 Å². The molecule has 0 radical (unpaired) electrons. The standard InChI is InChI=1S/C18H27N3O2S/c1-14-2-3-15(12-21-5-8-24-9-6-21)10-17(14)20-18(22)11-16-13-23-7-4-19-16/h2-3,10,16,19H,4-9,11-13H2,1H3,(H,20,22). The number of benzene rings is 1. The molecule has 0 spiro atoms. The Kier molecular flexibility index (Phi) is 6.54. The molecule has 1 atom stereocenters. The van der Waals surface area contributed by atoms with Crippen LogP contribution in [0.1, 0.15) is 17.5 Å². The average Bonchev–Trinajstić information content (AvgIpc) is 2.60. The first kappa shape index (κ1) is 17.7. The Bertz CT molecular complexity index is 555. The van der Waals surface area contributed by atoms with Crippen LogP contribution in [0, 0.1) is 6.92 Å². The van der Waals surface area contributed by atoms with Gasteiger partial charge < -0.3 is 15.4 Å². The lowest BCUT2D eigenvalue weighted by molar-refractivity contribution is -0.117. The van der Waals surface area contributed by atoms with Gasteiger partial charge in [-0.15, -0.1) is 0 Å². The average molecular weight is 350 g/mol. The van der Waals surface area contributed by atoms with Crippen molar-refractivity contribution < 1.29 is 9.53 Å². The molecule has 1 unspecified atom stereocenters. The van der Waals surface area contributed by atoms with E-state index in [1.807, 2.05) is 18.7 Å². The summed E-state index contributed by atoms with van der Waals surface area (Å²) in [5.41, 5.74) is 3.30. The molecule has 2 N–H and O–H groups in total. The SMILES string of the molecule is Cc1ccc(CN2CCSCC2)cc1NC(=O)CC1COCCN1. The number of nitrogens with one attached hydrogen (secondary N) is 2. The first-order valence-corrected chi connectivity index (χ1v) is 9.87. The summed E-state index contributed by atoms with van der Waals surface area (Å²) < 4.78 is 5.41. The lowest BCUT2D eigenvalue weighted by atomic mass is 10.1. The number of ether oxygens (including phenoxy) is 1. The number of hydrogen-bond donors (Lipinski definition) is 2. The van der Waals surface area contributed by atoms with E-state index in [1.54, 1.807) is 0 Å². The highest BCUT2D eigenvalue weighted by Gasteiger charge is 2.17. The van der Waals surface area contributed by atoms with Crippen molar-refractivity contribution in [3.05, 3.63) is 29.3 Å². The van der Waals surface area contributed by atoms with Crippen molar-refractivity contribution in [1.29, 1.82) is 0 Å². The van der Waals surface area contributed by atoms with Gasteiger partial charge in [0.05, 0.1) is 13.2 Å². The Hall–Kier alpha value is -1.08. The van der Waals surface area contributed by atoms with Gasteiger partial charge in [-0.2, -0.15) is 11.8 Å². The first-order valence-electron chi connectivity index (χ1n) is 8.71. The molecular formula is C18H27N3O2S. The lowest BCUT2D eigenvalue weighted by Crippen LogP contribution is -2.43. The fraction of sp³-hybridized carbons (Fsp3) is 0.611. The number of amides is 1. The summed E-state index contributed by atoms with van der Waals surface area (Å²) in [5.74, 6) is 2.48. The Labute approximate surface area is 148 Å². The summed E-state index contributed by atoms with van der Waals surface area (Å²) in [6.07, 6.45) is 0.451. The molecule has 1 aromatic carbocycles. The molecule has 1 amide bonds. The van der Waals surface area contributed by atoms with Gasteiger partial charge in [0.15, 0.2) is 0 Å². The molecule has 2 aliphatic heterocycles. The van der Waals surface area contributed by atoms with Crippen molar-refractivity contribution in [3.63, 3.8) is 0 Å². The van der Waals surface area contributed by atoms with Gasteiger partial charge in [0.25, 0.3) is 0 Å². The molecule has 2 saturated heterocycles. The number of aryl methyl sites for hydroxylation is 1. The van der Waals surface area contributed by atoms with E-state index in [4.69, 9.17) is 4.74 Å². The largest absolute Gasteiger partial charge is 0.378 e.